The van der Waals surface area contributed by atoms with Gasteiger partial charge in [-0.05, 0) is 25.3 Å². The van der Waals surface area contributed by atoms with Gasteiger partial charge in [0.15, 0.2) is 0 Å². The Labute approximate surface area is 144 Å². The number of ether oxygens (including phenoxy) is 1. The highest BCUT2D eigenvalue weighted by Gasteiger charge is 2.30. The average Bonchev–Trinajstić information content (AvgIpc) is 2.59. The van der Waals surface area contributed by atoms with Crippen LogP contribution in [0.1, 0.15) is 24.0 Å². The Bertz CT molecular complexity index is 635. The Balaban J connectivity index is 1.79. The summed E-state index contributed by atoms with van der Waals surface area (Å²) in [5.41, 5.74) is 2.25. The van der Waals surface area contributed by atoms with E-state index in [1.807, 2.05) is 31.2 Å². The molecule has 0 aromatic heterocycles. The van der Waals surface area contributed by atoms with Gasteiger partial charge >= 0.3 is 0 Å². The van der Waals surface area contributed by atoms with Gasteiger partial charge in [-0.15, -0.1) is 0 Å². The van der Waals surface area contributed by atoms with Crippen LogP contribution in [0, 0.1) is 12.8 Å². The molecule has 1 aromatic rings. The standard InChI is InChI=1S/C17H26N2O4S/c1-14-3-5-15(6-4-14)13-18-17(20)16-7-9-19(10-8-16)24(21,22)12-11-23-2/h3-6,16H,7-13H2,1-2H3,(H,18,20). The Morgan fingerprint density at radius 1 is 1.25 bits per heavy atom. The van der Waals surface area contributed by atoms with E-state index in [2.05, 4.69) is 5.32 Å². The Morgan fingerprint density at radius 2 is 1.88 bits per heavy atom. The molecule has 134 valence electrons. The van der Waals surface area contributed by atoms with Crippen LogP contribution >= 0.6 is 0 Å². The molecule has 1 aliphatic rings. The van der Waals surface area contributed by atoms with E-state index >= 15 is 0 Å². The highest BCUT2D eigenvalue weighted by atomic mass is 32.2. The fourth-order valence-corrected chi connectivity index (χ4v) is 4.16. The molecule has 2 rings (SSSR count). The third-order valence-electron chi connectivity index (χ3n) is 4.35. The number of rotatable bonds is 7. The van der Waals surface area contributed by atoms with Crippen LogP contribution in [-0.4, -0.2) is 51.2 Å². The van der Waals surface area contributed by atoms with Crippen LogP contribution in [0.5, 0.6) is 0 Å². The van der Waals surface area contributed by atoms with Gasteiger partial charge in [-0.2, -0.15) is 0 Å². The van der Waals surface area contributed by atoms with Crippen LogP contribution in [0.3, 0.4) is 0 Å². The van der Waals surface area contributed by atoms with E-state index in [9.17, 15) is 13.2 Å². The summed E-state index contributed by atoms with van der Waals surface area (Å²) in [6.07, 6.45) is 1.12. The minimum Gasteiger partial charge on any atom is -0.384 e. The predicted octanol–water partition coefficient (Wildman–Crippen LogP) is 1.30. The number of hydrogen-bond acceptors (Lipinski definition) is 4. The van der Waals surface area contributed by atoms with Gasteiger partial charge in [-0.25, -0.2) is 12.7 Å². The van der Waals surface area contributed by atoms with E-state index in [-0.39, 0.29) is 24.2 Å². The van der Waals surface area contributed by atoms with Gasteiger partial charge in [0.05, 0.1) is 12.4 Å². The van der Waals surface area contributed by atoms with Crippen molar-refractivity contribution in [2.45, 2.75) is 26.3 Å². The minimum absolute atomic E-state index is 0.00418. The predicted molar refractivity (Wildman–Crippen MR) is 93.0 cm³/mol. The number of sulfonamides is 1. The zero-order chi connectivity index (χ0) is 17.6. The van der Waals surface area contributed by atoms with Crippen LogP contribution < -0.4 is 5.32 Å². The summed E-state index contributed by atoms with van der Waals surface area (Å²) in [6.45, 7) is 3.52. The Hall–Kier alpha value is -1.44. The number of methoxy groups -OCH3 is 1. The number of amides is 1. The molecule has 1 fully saturated rings. The van der Waals surface area contributed by atoms with Crippen molar-refractivity contribution in [1.29, 1.82) is 0 Å². The second-order valence-electron chi connectivity index (χ2n) is 6.19. The Morgan fingerprint density at radius 3 is 2.46 bits per heavy atom. The quantitative estimate of drug-likeness (QED) is 0.801. The van der Waals surface area contributed by atoms with Crippen LogP contribution in [0.25, 0.3) is 0 Å². The molecular formula is C17H26N2O4S. The summed E-state index contributed by atoms with van der Waals surface area (Å²) < 4.78 is 30.5. The average molecular weight is 354 g/mol. The van der Waals surface area contributed by atoms with Gasteiger partial charge in [0.2, 0.25) is 15.9 Å². The normalized spacial score (nSPS) is 16.9. The number of carbonyl (C=O) groups excluding carboxylic acids is 1. The van der Waals surface area contributed by atoms with Crippen molar-refractivity contribution < 1.29 is 17.9 Å². The summed E-state index contributed by atoms with van der Waals surface area (Å²) in [5.74, 6) is -0.123. The van der Waals surface area contributed by atoms with Crippen LogP contribution in [-0.2, 0) is 26.1 Å². The molecule has 1 saturated heterocycles. The van der Waals surface area contributed by atoms with E-state index in [0.717, 1.165) is 5.56 Å². The van der Waals surface area contributed by atoms with Gasteiger partial charge in [-0.3, -0.25) is 4.79 Å². The lowest BCUT2D eigenvalue weighted by Gasteiger charge is -2.30. The third-order valence-corrected chi connectivity index (χ3v) is 6.19. The van der Waals surface area contributed by atoms with Gasteiger partial charge in [0.1, 0.15) is 0 Å². The summed E-state index contributed by atoms with van der Waals surface area (Å²) >= 11 is 0. The first-order valence-corrected chi connectivity index (χ1v) is 9.83. The summed E-state index contributed by atoms with van der Waals surface area (Å²) in [4.78, 5) is 12.3. The maximum atomic E-state index is 12.3. The molecule has 0 spiro atoms. The second-order valence-corrected chi connectivity index (χ2v) is 8.27. The maximum Gasteiger partial charge on any atom is 0.223 e. The number of benzene rings is 1. The van der Waals surface area contributed by atoms with Crippen molar-refractivity contribution in [2.24, 2.45) is 5.92 Å². The van der Waals surface area contributed by atoms with Crippen molar-refractivity contribution >= 4 is 15.9 Å². The Kier molecular flexibility index (Phi) is 6.77. The van der Waals surface area contributed by atoms with Crippen molar-refractivity contribution in [2.75, 3.05) is 32.6 Å². The molecule has 24 heavy (non-hydrogen) atoms. The topological polar surface area (TPSA) is 75.7 Å². The molecule has 1 aromatic carbocycles. The largest absolute Gasteiger partial charge is 0.384 e. The molecule has 0 aliphatic carbocycles. The molecule has 0 radical (unpaired) electrons. The molecule has 6 nitrogen and oxygen atoms in total. The van der Waals surface area contributed by atoms with E-state index < -0.39 is 10.0 Å². The fraction of sp³-hybridized carbons (Fsp3) is 0.588. The van der Waals surface area contributed by atoms with E-state index in [1.165, 1.54) is 17.0 Å². The second kappa shape index (κ2) is 8.60. The van der Waals surface area contributed by atoms with E-state index in [1.54, 1.807) is 0 Å². The lowest BCUT2D eigenvalue weighted by Crippen LogP contribution is -2.44. The molecule has 0 bridgehead atoms. The maximum absolute atomic E-state index is 12.3. The fourth-order valence-electron chi connectivity index (χ4n) is 2.75. The van der Waals surface area contributed by atoms with Gasteiger partial charge in [0, 0.05) is 32.7 Å². The number of hydrogen-bond donors (Lipinski definition) is 1. The van der Waals surface area contributed by atoms with Crippen LogP contribution in [0.4, 0.5) is 0 Å². The van der Waals surface area contributed by atoms with E-state index in [0.29, 0.717) is 32.5 Å². The van der Waals surface area contributed by atoms with Crippen molar-refractivity contribution in [1.82, 2.24) is 9.62 Å². The number of carbonyl (C=O) groups is 1. The summed E-state index contributed by atoms with van der Waals surface area (Å²) in [7, 11) is -1.79. The van der Waals surface area contributed by atoms with Crippen molar-refractivity contribution in [3.05, 3.63) is 35.4 Å². The lowest BCUT2D eigenvalue weighted by molar-refractivity contribution is -0.126. The van der Waals surface area contributed by atoms with E-state index in [4.69, 9.17) is 4.74 Å². The zero-order valence-corrected chi connectivity index (χ0v) is 15.1. The lowest BCUT2D eigenvalue weighted by atomic mass is 9.97. The number of nitrogens with one attached hydrogen (secondary N) is 1. The smallest absolute Gasteiger partial charge is 0.223 e. The van der Waals surface area contributed by atoms with Crippen LogP contribution in [0.15, 0.2) is 24.3 Å². The third kappa shape index (κ3) is 5.29. The summed E-state index contributed by atoms with van der Waals surface area (Å²) in [5, 5.41) is 2.95. The molecule has 1 amide bonds. The number of piperidine rings is 1. The summed E-state index contributed by atoms with van der Waals surface area (Å²) in [6, 6.07) is 8.04. The molecular weight excluding hydrogens is 328 g/mol. The first-order chi connectivity index (χ1) is 11.4. The molecule has 1 heterocycles. The first-order valence-electron chi connectivity index (χ1n) is 8.22. The van der Waals surface area contributed by atoms with Gasteiger partial charge < -0.3 is 10.1 Å². The van der Waals surface area contributed by atoms with Crippen molar-refractivity contribution in [3.8, 4) is 0 Å². The SMILES string of the molecule is COCCS(=O)(=O)N1CCC(C(=O)NCc2ccc(C)cc2)CC1. The molecule has 7 heteroatoms. The molecule has 0 unspecified atom stereocenters. The van der Waals surface area contributed by atoms with Gasteiger partial charge in [0.25, 0.3) is 0 Å². The first kappa shape index (κ1) is 18.9. The number of nitrogens with zero attached hydrogens (tertiary/aromatic N) is 1. The van der Waals surface area contributed by atoms with Crippen molar-refractivity contribution in [3.63, 3.8) is 0 Å². The highest BCUT2D eigenvalue weighted by molar-refractivity contribution is 7.89. The molecule has 1 N–H and O–H groups in total. The monoisotopic (exact) mass is 354 g/mol. The highest BCUT2D eigenvalue weighted by Crippen LogP contribution is 2.20. The van der Waals surface area contributed by atoms with Crippen LogP contribution in [0.2, 0.25) is 0 Å². The zero-order valence-electron chi connectivity index (χ0n) is 14.3. The molecule has 1 aliphatic heterocycles. The number of aryl methyl sites for hydroxylation is 1. The minimum atomic E-state index is -3.28. The molecule has 0 atom stereocenters. The molecule has 0 saturated carbocycles. The van der Waals surface area contributed by atoms with Gasteiger partial charge in [-0.1, -0.05) is 29.8 Å².